The van der Waals surface area contributed by atoms with Gasteiger partial charge in [-0.1, -0.05) is 11.8 Å². The minimum absolute atomic E-state index is 0.215. The zero-order valence-corrected chi connectivity index (χ0v) is 11.2. The molecule has 2 atom stereocenters. The second-order valence-electron chi connectivity index (χ2n) is 3.91. The summed E-state index contributed by atoms with van der Waals surface area (Å²) in [5, 5.41) is 28.8. The first-order chi connectivity index (χ1) is 8.60. The minimum atomic E-state index is -0.616. The summed E-state index contributed by atoms with van der Waals surface area (Å²) in [6.07, 6.45) is 0. The molecule has 0 saturated carbocycles. The molecule has 1 aromatic heterocycles. The van der Waals surface area contributed by atoms with Crippen LogP contribution in [-0.2, 0) is 0 Å². The lowest BCUT2D eigenvalue weighted by Crippen LogP contribution is -2.26. The maximum absolute atomic E-state index is 9.25. The van der Waals surface area contributed by atoms with Gasteiger partial charge in [0.1, 0.15) is 5.92 Å². The Labute approximate surface area is 113 Å². The third-order valence-corrected chi connectivity index (χ3v) is 4.87. The van der Waals surface area contributed by atoms with Crippen molar-refractivity contribution in [3.05, 3.63) is 32.5 Å². The highest BCUT2D eigenvalue weighted by molar-refractivity contribution is 8.17. The van der Waals surface area contributed by atoms with Gasteiger partial charge in [-0.3, -0.25) is 5.41 Å². The quantitative estimate of drug-likeness (QED) is 0.822. The fourth-order valence-corrected chi connectivity index (χ4v) is 3.86. The van der Waals surface area contributed by atoms with Gasteiger partial charge >= 0.3 is 0 Å². The zero-order chi connectivity index (χ0) is 13.3. The fourth-order valence-electron chi connectivity index (χ4n) is 1.95. The summed E-state index contributed by atoms with van der Waals surface area (Å²) < 4.78 is 0. The van der Waals surface area contributed by atoms with Crippen LogP contribution in [0.25, 0.3) is 0 Å². The first-order valence-corrected chi connectivity index (χ1v) is 6.89. The highest BCUT2D eigenvalue weighted by Crippen LogP contribution is 2.45. The van der Waals surface area contributed by atoms with Crippen LogP contribution in [0.2, 0.25) is 0 Å². The van der Waals surface area contributed by atoms with E-state index >= 15 is 0 Å². The van der Waals surface area contributed by atoms with E-state index in [1.807, 2.05) is 18.4 Å². The zero-order valence-electron chi connectivity index (χ0n) is 9.60. The maximum Gasteiger partial charge on any atom is 0.107 e. The Morgan fingerprint density at radius 3 is 2.67 bits per heavy atom. The van der Waals surface area contributed by atoms with Crippen LogP contribution < -0.4 is 5.73 Å². The molecule has 0 aliphatic carbocycles. The van der Waals surface area contributed by atoms with E-state index in [0.717, 1.165) is 22.2 Å². The van der Waals surface area contributed by atoms with E-state index in [2.05, 4.69) is 12.1 Å². The number of nitrogens with one attached hydrogen (secondary N) is 1. The molecule has 0 spiro atoms. The largest absolute Gasteiger partial charge is 0.392 e. The number of rotatable bonds is 1. The van der Waals surface area contributed by atoms with Gasteiger partial charge in [0.05, 0.1) is 33.7 Å². The van der Waals surface area contributed by atoms with E-state index in [1.54, 1.807) is 0 Å². The SMILES string of the molecule is Cc1ccsc1[C@@H]1C(C#N)=C(N)SC(=N)[C@H]1C#N. The van der Waals surface area contributed by atoms with E-state index < -0.39 is 11.8 Å². The van der Waals surface area contributed by atoms with Crippen LogP contribution in [0.4, 0.5) is 0 Å². The molecule has 18 heavy (non-hydrogen) atoms. The van der Waals surface area contributed by atoms with E-state index in [0.29, 0.717) is 10.6 Å². The van der Waals surface area contributed by atoms with Gasteiger partial charge in [0.2, 0.25) is 0 Å². The van der Waals surface area contributed by atoms with Crippen molar-refractivity contribution in [3.8, 4) is 12.1 Å². The highest BCUT2D eigenvalue weighted by Gasteiger charge is 2.38. The molecule has 0 fully saturated rings. The van der Waals surface area contributed by atoms with Gasteiger partial charge in [-0.2, -0.15) is 10.5 Å². The normalized spacial score (nSPS) is 23.6. The Kier molecular flexibility index (Phi) is 3.42. The van der Waals surface area contributed by atoms with Gasteiger partial charge in [-0.15, -0.1) is 11.3 Å². The lowest BCUT2D eigenvalue weighted by Gasteiger charge is -2.27. The lowest BCUT2D eigenvalue weighted by molar-refractivity contribution is 0.738. The third-order valence-electron chi connectivity index (χ3n) is 2.86. The molecule has 1 aliphatic heterocycles. The second kappa shape index (κ2) is 4.85. The Balaban J connectivity index is 2.63. The lowest BCUT2D eigenvalue weighted by atomic mass is 9.85. The Hall–Kier alpha value is -1.76. The second-order valence-corrected chi connectivity index (χ2v) is 5.94. The number of aryl methyl sites for hydroxylation is 1. The van der Waals surface area contributed by atoms with E-state index in [4.69, 9.17) is 11.1 Å². The van der Waals surface area contributed by atoms with Gasteiger partial charge in [0.15, 0.2) is 0 Å². The van der Waals surface area contributed by atoms with Crippen LogP contribution >= 0.6 is 23.1 Å². The summed E-state index contributed by atoms with van der Waals surface area (Å²) in [6.45, 7) is 1.94. The molecular weight excluding hydrogens is 264 g/mol. The molecule has 3 N–H and O–H groups in total. The number of nitrogens with two attached hydrogens (primary N) is 1. The molecule has 6 heteroatoms. The van der Waals surface area contributed by atoms with Gasteiger partial charge in [-0.25, -0.2) is 0 Å². The van der Waals surface area contributed by atoms with E-state index in [9.17, 15) is 10.5 Å². The fraction of sp³-hybridized carbons (Fsp3) is 0.250. The van der Waals surface area contributed by atoms with Crippen molar-refractivity contribution < 1.29 is 0 Å². The van der Waals surface area contributed by atoms with Crippen molar-refractivity contribution in [2.45, 2.75) is 12.8 Å². The molecular formula is C12H10N4S2. The average molecular weight is 274 g/mol. The molecule has 2 heterocycles. The number of hydrogen-bond donors (Lipinski definition) is 2. The molecule has 2 rings (SSSR count). The molecule has 90 valence electrons. The van der Waals surface area contributed by atoms with Crippen LogP contribution in [0.1, 0.15) is 16.4 Å². The minimum Gasteiger partial charge on any atom is -0.392 e. The Morgan fingerprint density at radius 1 is 1.44 bits per heavy atom. The molecule has 0 saturated heterocycles. The van der Waals surface area contributed by atoms with Crippen LogP contribution in [-0.4, -0.2) is 5.04 Å². The predicted octanol–water partition coefficient (Wildman–Crippen LogP) is 2.70. The Bertz CT molecular complexity index is 615. The first kappa shape index (κ1) is 12.7. The monoisotopic (exact) mass is 274 g/mol. The van der Waals surface area contributed by atoms with E-state index in [-0.39, 0.29) is 5.04 Å². The third kappa shape index (κ3) is 1.90. The molecule has 1 aromatic rings. The number of nitriles is 2. The molecule has 0 aromatic carbocycles. The average Bonchev–Trinajstić information content (AvgIpc) is 2.74. The van der Waals surface area contributed by atoms with E-state index in [1.165, 1.54) is 11.3 Å². The first-order valence-electron chi connectivity index (χ1n) is 5.19. The summed E-state index contributed by atoms with van der Waals surface area (Å²) in [5.41, 5.74) is 7.26. The molecule has 0 amide bonds. The highest BCUT2D eigenvalue weighted by atomic mass is 32.2. The number of nitrogens with zero attached hydrogens (tertiary/aromatic N) is 2. The van der Waals surface area contributed by atoms with Gasteiger partial charge in [0.25, 0.3) is 0 Å². The molecule has 0 radical (unpaired) electrons. The topological polar surface area (TPSA) is 97.4 Å². The van der Waals surface area contributed by atoms with Crippen molar-refractivity contribution in [1.29, 1.82) is 15.9 Å². The standard InChI is InChI=1S/C12H10N4S2/c1-6-2-3-17-10(6)9-7(4-13)11(15)18-12(16)8(9)5-14/h2-3,7,9,15H,16H2,1H3/t7-,9-/m0/s1. The molecule has 4 nitrogen and oxygen atoms in total. The Morgan fingerprint density at radius 2 is 2.17 bits per heavy atom. The van der Waals surface area contributed by atoms with Crippen LogP contribution in [0.15, 0.2) is 22.0 Å². The number of hydrogen-bond acceptors (Lipinski definition) is 6. The summed E-state index contributed by atoms with van der Waals surface area (Å²) in [5.74, 6) is -1.01. The van der Waals surface area contributed by atoms with Crippen molar-refractivity contribution in [3.63, 3.8) is 0 Å². The maximum atomic E-state index is 9.25. The van der Waals surface area contributed by atoms with Crippen molar-refractivity contribution in [2.75, 3.05) is 0 Å². The number of allylic oxidation sites excluding steroid dienone is 1. The van der Waals surface area contributed by atoms with Crippen LogP contribution in [0.5, 0.6) is 0 Å². The molecule has 0 bridgehead atoms. The van der Waals surface area contributed by atoms with Crippen molar-refractivity contribution in [2.24, 2.45) is 11.7 Å². The number of thioether (sulfide) groups is 1. The van der Waals surface area contributed by atoms with Crippen molar-refractivity contribution in [1.82, 2.24) is 0 Å². The summed E-state index contributed by atoms with van der Waals surface area (Å²) in [6, 6.07) is 6.17. The smallest absolute Gasteiger partial charge is 0.107 e. The van der Waals surface area contributed by atoms with Gasteiger partial charge < -0.3 is 5.73 Å². The van der Waals surface area contributed by atoms with Crippen LogP contribution in [0.3, 0.4) is 0 Å². The molecule has 0 unspecified atom stereocenters. The van der Waals surface area contributed by atoms with Gasteiger partial charge in [-0.05, 0) is 23.9 Å². The van der Waals surface area contributed by atoms with Gasteiger partial charge in [0, 0.05) is 4.88 Å². The number of thiophene rings is 1. The van der Waals surface area contributed by atoms with Crippen molar-refractivity contribution >= 4 is 28.1 Å². The summed E-state index contributed by atoms with van der Waals surface area (Å²) >= 11 is 2.51. The van der Waals surface area contributed by atoms with Crippen LogP contribution in [0, 0.1) is 40.9 Å². The summed E-state index contributed by atoms with van der Waals surface area (Å²) in [7, 11) is 0. The molecule has 1 aliphatic rings. The predicted molar refractivity (Wildman–Crippen MR) is 73.0 cm³/mol. The summed E-state index contributed by atoms with van der Waals surface area (Å²) in [4.78, 5) is 0.950.